The van der Waals surface area contributed by atoms with Gasteiger partial charge < -0.3 is 20.7 Å². The number of ether oxygens (including phenoxy) is 1. The van der Waals surface area contributed by atoms with Crippen molar-refractivity contribution in [1.29, 1.82) is 0 Å². The molecule has 166 valence electrons. The van der Waals surface area contributed by atoms with E-state index in [4.69, 9.17) is 4.74 Å². The molecule has 3 amide bonds. The van der Waals surface area contributed by atoms with E-state index in [1.165, 1.54) is 12.1 Å². The van der Waals surface area contributed by atoms with Crippen LogP contribution < -0.4 is 16.0 Å². The Morgan fingerprint density at radius 3 is 2.35 bits per heavy atom. The van der Waals surface area contributed by atoms with E-state index in [1.54, 1.807) is 51.1 Å². The molecule has 31 heavy (non-hydrogen) atoms. The Hall–Kier alpha value is -3.42. The molecule has 8 heteroatoms. The first-order chi connectivity index (χ1) is 14.6. The molecule has 3 N–H and O–H groups in total. The summed E-state index contributed by atoms with van der Waals surface area (Å²) in [6, 6.07) is 13.2. The zero-order valence-corrected chi connectivity index (χ0v) is 18.0. The standard InChI is InChI=1S/C23H28FN3O4/c1-23(2,3)31-22(30)26-15-21(29)27-19-9-5-7-17(13-19)14-25-20(28)11-10-16-6-4-8-18(24)12-16/h4-9,12-13H,10-11,14-15H2,1-3H3,(H,25,28)(H,26,30)(H,27,29). The number of benzene rings is 2. The molecule has 2 rings (SSSR count). The zero-order chi connectivity index (χ0) is 22.9. The topological polar surface area (TPSA) is 96.5 Å². The number of anilines is 1. The maximum atomic E-state index is 13.2. The van der Waals surface area contributed by atoms with Gasteiger partial charge in [0.25, 0.3) is 0 Å². The highest BCUT2D eigenvalue weighted by molar-refractivity contribution is 5.93. The van der Waals surface area contributed by atoms with Crippen molar-refractivity contribution in [2.75, 3.05) is 11.9 Å². The number of alkyl carbamates (subject to hydrolysis) is 1. The highest BCUT2D eigenvalue weighted by Gasteiger charge is 2.16. The van der Waals surface area contributed by atoms with Gasteiger partial charge in [-0.05, 0) is 62.6 Å². The van der Waals surface area contributed by atoms with Crippen LogP contribution in [0.25, 0.3) is 0 Å². The number of amides is 3. The van der Waals surface area contributed by atoms with Crippen molar-refractivity contribution in [1.82, 2.24) is 10.6 Å². The van der Waals surface area contributed by atoms with E-state index in [0.29, 0.717) is 18.7 Å². The lowest BCUT2D eigenvalue weighted by molar-refractivity contribution is -0.121. The van der Waals surface area contributed by atoms with Gasteiger partial charge in [-0.3, -0.25) is 9.59 Å². The fourth-order valence-electron chi connectivity index (χ4n) is 2.67. The third-order valence-electron chi connectivity index (χ3n) is 4.02. The Bertz CT molecular complexity index is 925. The second kappa shape index (κ2) is 11.1. The highest BCUT2D eigenvalue weighted by atomic mass is 19.1. The molecule has 2 aromatic rings. The van der Waals surface area contributed by atoms with Crippen LogP contribution in [-0.2, 0) is 27.3 Å². The first-order valence-electron chi connectivity index (χ1n) is 9.97. The van der Waals surface area contributed by atoms with Crippen molar-refractivity contribution < 1.29 is 23.5 Å². The molecule has 0 saturated carbocycles. The van der Waals surface area contributed by atoms with Gasteiger partial charge in [0.2, 0.25) is 11.8 Å². The summed E-state index contributed by atoms with van der Waals surface area (Å²) in [6.45, 7) is 5.27. The van der Waals surface area contributed by atoms with Gasteiger partial charge in [-0.2, -0.15) is 0 Å². The minimum Gasteiger partial charge on any atom is -0.444 e. The summed E-state index contributed by atoms with van der Waals surface area (Å²) >= 11 is 0. The summed E-state index contributed by atoms with van der Waals surface area (Å²) in [5.74, 6) is -0.875. The van der Waals surface area contributed by atoms with Crippen LogP contribution in [0.2, 0.25) is 0 Å². The van der Waals surface area contributed by atoms with Gasteiger partial charge in [0.1, 0.15) is 18.0 Å². The molecular formula is C23H28FN3O4. The molecule has 0 spiro atoms. The summed E-state index contributed by atoms with van der Waals surface area (Å²) in [5.41, 5.74) is 1.47. The number of hydrogen-bond acceptors (Lipinski definition) is 4. The zero-order valence-electron chi connectivity index (χ0n) is 18.0. The predicted molar refractivity (Wildman–Crippen MR) is 116 cm³/mol. The summed E-state index contributed by atoms with van der Waals surface area (Å²) in [4.78, 5) is 35.7. The molecule has 0 bridgehead atoms. The fourth-order valence-corrected chi connectivity index (χ4v) is 2.67. The van der Waals surface area contributed by atoms with Gasteiger partial charge in [-0.15, -0.1) is 0 Å². The summed E-state index contributed by atoms with van der Waals surface area (Å²) in [7, 11) is 0. The molecule has 0 atom stereocenters. The number of carbonyl (C=O) groups excluding carboxylic acids is 3. The van der Waals surface area contributed by atoms with Crippen molar-refractivity contribution in [3.8, 4) is 0 Å². The van der Waals surface area contributed by atoms with Crippen LogP contribution in [0.15, 0.2) is 48.5 Å². The lowest BCUT2D eigenvalue weighted by Gasteiger charge is -2.19. The molecule has 0 heterocycles. The molecule has 7 nitrogen and oxygen atoms in total. The number of nitrogens with one attached hydrogen (secondary N) is 3. The van der Waals surface area contributed by atoms with Crippen molar-refractivity contribution in [2.24, 2.45) is 0 Å². The lowest BCUT2D eigenvalue weighted by atomic mass is 10.1. The maximum Gasteiger partial charge on any atom is 0.408 e. The minimum atomic E-state index is -0.669. The SMILES string of the molecule is CC(C)(C)OC(=O)NCC(=O)Nc1cccc(CNC(=O)CCc2cccc(F)c2)c1. The van der Waals surface area contributed by atoms with Gasteiger partial charge in [-0.1, -0.05) is 24.3 Å². The monoisotopic (exact) mass is 429 g/mol. The summed E-state index contributed by atoms with van der Waals surface area (Å²) < 4.78 is 18.3. The molecule has 2 aromatic carbocycles. The summed E-state index contributed by atoms with van der Waals surface area (Å²) in [5, 5.41) is 7.88. The van der Waals surface area contributed by atoms with Crippen molar-refractivity contribution in [2.45, 2.75) is 45.8 Å². The van der Waals surface area contributed by atoms with Crippen LogP contribution in [0.3, 0.4) is 0 Å². The number of halogens is 1. The Morgan fingerprint density at radius 2 is 1.65 bits per heavy atom. The first kappa shape index (κ1) is 23.9. The van der Waals surface area contributed by atoms with Gasteiger partial charge >= 0.3 is 6.09 Å². The van der Waals surface area contributed by atoms with Crippen LogP contribution in [0.5, 0.6) is 0 Å². The number of carbonyl (C=O) groups is 3. The van der Waals surface area contributed by atoms with Crippen molar-refractivity contribution >= 4 is 23.6 Å². The predicted octanol–water partition coefficient (Wildman–Crippen LogP) is 3.54. The molecule has 0 aliphatic rings. The molecule has 0 aliphatic carbocycles. The normalized spacial score (nSPS) is 10.8. The molecule has 0 radical (unpaired) electrons. The first-order valence-corrected chi connectivity index (χ1v) is 9.97. The van der Waals surface area contributed by atoms with E-state index < -0.39 is 17.6 Å². The van der Waals surface area contributed by atoms with E-state index in [1.807, 2.05) is 6.07 Å². The lowest BCUT2D eigenvalue weighted by Crippen LogP contribution is -2.37. The van der Waals surface area contributed by atoms with Gasteiger partial charge in [0.15, 0.2) is 0 Å². The smallest absolute Gasteiger partial charge is 0.408 e. The molecule has 0 aromatic heterocycles. The quantitative estimate of drug-likeness (QED) is 0.598. The molecule has 0 saturated heterocycles. The Balaban J connectivity index is 1.76. The third-order valence-corrected chi connectivity index (χ3v) is 4.02. The van der Waals surface area contributed by atoms with E-state index >= 15 is 0 Å². The molecular weight excluding hydrogens is 401 g/mol. The number of rotatable bonds is 8. The van der Waals surface area contributed by atoms with E-state index in [2.05, 4.69) is 16.0 Å². The maximum absolute atomic E-state index is 13.2. The van der Waals surface area contributed by atoms with Gasteiger partial charge in [0.05, 0.1) is 0 Å². The van der Waals surface area contributed by atoms with E-state index in [-0.39, 0.29) is 24.7 Å². The average Bonchev–Trinajstić information content (AvgIpc) is 2.68. The van der Waals surface area contributed by atoms with Crippen LogP contribution >= 0.6 is 0 Å². The van der Waals surface area contributed by atoms with Crippen molar-refractivity contribution in [3.63, 3.8) is 0 Å². The van der Waals surface area contributed by atoms with Crippen LogP contribution in [0, 0.1) is 5.82 Å². The van der Waals surface area contributed by atoms with Crippen LogP contribution in [0.1, 0.15) is 38.3 Å². The molecule has 0 fully saturated rings. The van der Waals surface area contributed by atoms with Crippen LogP contribution in [0.4, 0.5) is 14.9 Å². The average molecular weight is 429 g/mol. The molecule has 0 unspecified atom stereocenters. The number of hydrogen-bond donors (Lipinski definition) is 3. The number of aryl methyl sites for hydroxylation is 1. The Labute approximate surface area is 181 Å². The van der Waals surface area contributed by atoms with Crippen molar-refractivity contribution in [3.05, 3.63) is 65.5 Å². The van der Waals surface area contributed by atoms with E-state index in [0.717, 1.165) is 11.1 Å². The summed E-state index contributed by atoms with van der Waals surface area (Å²) in [6.07, 6.45) is 0.0259. The minimum absolute atomic E-state index is 0.153. The van der Waals surface area contributed by atoms with Crippen LogP contribution in [-0.4, -0.2) is 30.1 Å². The Morgan fingerprint density at radius 1 is 0.935 bits per heavy atom. The second-order valence-electron chi connectivity index (χ2n) is 8.01. The largest absolute Gasteiger partial charge is 0.444 e. The third kappa shape index (κ3) is 9.75. The van der Waals surface area contributed by atoms with Gasteiger partial charge in [-0.25, -0.2) is 9.18 Å². The highest BCUT2D eigenvalue weighted by Crippen LogP contribution is 2.11. The second-order valence-corrected chi connectivity index (χ2v) is 8.01. The van der Waals surface area contributed by atoms with Gasteiger partial charge in [0, 0.05) is 18.7 Å². The Kier molecular flexibility index (Phi) is 8.54. The molecule has 0 aliphatic heterocycles. The fraction of sp³-hybridized carbons (Fsp3) is 0.348. The van der Waals surface area contributed by atoms with E-state index in [9.17, 15) is 18.8 Å².